The molecule has 34 heavy (non-hydrogen) atoms. The SMILES string of the molecule is C[C@H]1CNCCCC1Cc1cnc(C(=O)NC2CCC(Oc3ccc(C#N)c(Cl)c3)CC2)cn1. The number of benzene rings is 1. The van der Waals surface area contributed by atoms with E-state index in [1.807, 2.05) is 6.07 Å². The number of hydrogen-bond donors (Lipinski definition) is 2. The van der Waals surface area contributed by atoms with Crippen molar-refractivity contribution in [2.24, 2.45) is 11.8 Å². The maximum absolute atomic E-state index is 12.7. The molecule has 7 nitrogen and oxygen atoms in total. The van der Waals surface area contributed by atoms with E-state index in [9.17, 15) is 4.79 Å². The number of carbonyl (C=O) groups is 1. The number of carbonyl (C=O) groups excluding carboxylic acids is 1. The van der Waals surface area contributed by atoms with E-state index in [1.54, 1.807) is 30.6 Å². The molecule has 4 rings (SSSR count). The molecule has 2 N–H and O–H groups in total. The molecule has 1 saturated carbocycles. The molecule has 1 aromatic carbocycles. The topological polar surface area (TPSA) is 99.9 Å². The molecule has 2 aromatic rings. The Bertz CT molecular complexity index is 1010. The van der Waals surface area contributed by atoms with Crippen LogP contribution in [0.1, 0.15) is 67.2 Å². The molecule has 1 unspecified atom stereocenters. The summed E-state index contributed by atoms with van der Waals surface area (Å²) in [7, 11) is 0. The van der Waals surface area contributed by atoms with Crippen LogP contribution in [0.15, 0.2) is 30.6 Å². The molecule has 0 radical (unpaired) electrons. The normalized spacial score (nSPS) is 25.1. The number of nitrogens with zero attached hydrogens (tertiary/aromatic N) is 3. The highest BCUT2D eigenvalue weighted by molar-refractivity contribution is 6.31. The van der Waals surface area contributed by atoms with Crippen molar-refractivity contribution >= 4 is 17.5 Å². The van der Waals surface area contributed by atoms with Gasteiger partial charge in [-0.2, -0.15) is 5.26 Å². The quantitative estimate of drug-likeness (QED) is 0.638. The maximum Gasteiger partial charge on any atom is 0.271 e. The molecule has 1 amide bonds. The monoisotopic (exact) mass is 481 g/mol. The molecule has 1 aromatic heterocycles. The van der Waals surface area contributed by atoms with Crippen molar-refractivity contribution in [1.29, 1.82) is 5.26 Å². The van der Waals surface area contributed by atoms with Crippen LogP contribution in [0.4, 0.5) is 0 Å². The van der Waals surface area contributed by atoms with Crippen molar-refractivity contribution in [2.45, 2.75) is 64.0 Å². The predicted octanol–water partition coefficient (Wildman–Crippen LogP) is 4.30. The van der Waals surface area contributed by atoms with Gasteiger partial charge in [0.05, 0.1) is 28.6 Å². The van der Waals surface area contributed by atoms with Gasteiger partial charge >= 0.3 is 0 Å². The molecule has 0 bridgehead atoms. The minimum absolute atomic E-state index is 0.0674. The van der Waals surface area contributed by atoms with Crippen LogP contribution in [0, 0.1) is 23.2 Å². The number of ether oxygens (including phenoxy) is 1. The van der Waals surface area contributed by atoms with Crippen molar-refractivity contribution in [3.63, 3.8) is 0 Å². The predicted molar refractivity (Wildman–Crippen MR) is 131 cm³/mol. The molecule has 1 aliphatic heterocycles. The van der Waals surface area contributed by atoms with Crippen LogP contribution in [0.5, 0.6) is 5.75 Å². The number of amides is 1. The summed E-state index contributed by atoms with van der Waals surface area (Å²) in [6, 6.07) is 7.27. The summed E-state index contributed by atoms with van der Waals surface area (Å²) in [5, 5.41) is 16.0. The fourth-order valence-corrected chi connectivity index (χ4v) is 5.07. The first-order valence-corrected chi connectivity index (χ1v) is 12.6. The zero-order valence-corrected chi connectivity index (χ0v) is 20.4. The van der Waals surface area contributed by atoms with Gasteiger partial charge in [0.2, 0.25) is 0 Å². The molecule has 8 heteroatoms. The fraction of sp³-hybridized carbons (Fsp3) is 0.538. The summed E-state index contributed by atoms with van der Waals surface area (Å²) >= 11 is 6.09. The molecular formula is C26H32ClN5O2. The smallest absolute Gasteiger partial charge is 0.271 e. The molecule has 2 aliphatic rings. The summed E-state index contributed by atoms with van der Waals surface area (Å²) in [4.78, 5) is 21.6. The highest BCUT2D eigenvalue weighted by Crippen LogP contribution is 2.27. The average molecular weight is 482 g/mol. The molecule has 2 atom stereocenters. The van der Waals surface area contributed by atoms with Crippen LogP contribution >= 0.6 is 11.6 Å². The van der Waals surface area contributed by atoms with Crippen LogP contribution in [0.25, 0.3) is 0 Å². The van der Waals surface area contributed by atoms with Crippen LogP contribution in [0.2, 0.25) is 5.02 Å². The lowest BCUT2D eigenvalue weighted by Gasteiger charge is -2.29. The highest BCUT2D eigenvalue weighted by Gasteiger charge is 2.25. The highest BCUT2D eigenvalue weighted by atomic mass is 35.5. The number of hydrogen-bond acceptors (Lipinski definition) is 6. The van der Waals surface area contributed by atoms with Gasteiger partial charge in [-0.3, -0.25) is 9.78 Å². The number of nitrogens with one attached hydrogen (secondary N) is 2. The molecular weight excluding hydrogens is 450 g/mol. The summed E-state index contributed by atoms with van der Waals surface area (Å²) in [5.74, 6) is 1.71. The molecule has 1 saturated heterocycles. The fourth-order valence-electron chi connectivity index (χ4n) is 4.86. The second-order valence-electron chi connectivity index (χ2n) is 9.50. The average Bonchev–Trinajstić information content (AvgIpc) is 3.05. The first kappa shape index (κ1) is 24.4. The molecule has 2 heterocycles. The summed E-state index contributed by atoms with van der Waals surface area (Å²) in [6.07, 6.45) is 10.1. The van der Waals surface area contributed by atoms with Crippen molar-refractivity contribution in [1.82, 2.24) is 20.6 Å². The van der Waals surface area contributed by atoms with Gasteiger partial charge in [-0.25, -0.2) is 4.98 Å². The Morgan fingerprint density at radius 2 is 2.06 bits per heavy atom. The molecule has 0 spiro atoms. The van der Waals surface area contributed by atoms with E-state index in [0.717, 1.165) is 50.9 Å². The lowest BCUT2D eigenvalue weighted by molar-refractivity contribution is 0.0888. The Kier molecular flexibility index (Phi) is 8.36. The lowest BCUT2D eigenvalue weighted by atomic mass is 9.87. The number of aromatic nitrogens is 2. The van der Waals surface area contributed by atoms with E-state index in [1.165, 1.54) is 12.8 Å². The van der Waals surface area contributed by atoms with E-state index < -0.39 is 0 Å². The van der Waals surface area contributed by atoms with E-state index in [2.05, 4.69) is 27.5 Å². The summed E-state index contributed by atoms with van der Waals surface area (Å²) in [5.41, 5.74) is 1.76. The van der Waals surface area contributed by atoms with E-state index in [-0.39, 0.29) is 18.1 Å². The van der Waals surface area contributed by atoms with E-state index in [4.69, 9.17) is 21.6 Å². The molecule has 2 fully saturated rings. The Morgan fingerprint density at radius 3 is 2.76 bits per heavy atom. The zero-order chi connectivity index (χ0) is 23.9. The van der Waals surface area contributed by atoms with Gasteiger partial charge in [0.1, 0.15) is 17.5 Å². The van der Waals surface area contributed by atoms with Crippen molar-refractivity contribution < 1.29 is 9.53 Å². The van der Waals surface area contributed by atoms with Gasteiger partial charge in [0.25, 0.3) is 5.91 Å². The standard InChI is InChI=1S/C26H32ClN5O2/c1-17-14-29-10-2-3-18(17)11-21-15-31-25(16-30-21)26(33)32-20-5-8-22(9-6-20)34-23-7-4-19(13-28)24(27)12-23/h4,7,12,15-18,20,22,29H,2-3,5-6,8-11,14H2,1H3,(H,32,33)/t17-,18?,20?,22?/m0/s1. The first-order chi connectivity index (χ1) is 16.5. The minimum Gasteiger partial charge on any atom is -0.490 e. The van der Waals surface area contributed by atoms with Crippen LogP contribution < -0.4 is 15.4 Å². The van der Waals surface area contributed by atoms with Gasteiger partial charge in [-0.15, -0.1) is 0 Å². The number of halogens is 1. The Balaban J connectivity index is 1.23. The Hall–Kier alpha value is -2.69. The maximum atomic E-state index is 12.7. The summed E-state index contributed by atoms with van der Waals surface area (Å²) in [6.45, 7) is 4.42. The van der Waals surface area contributed by atoms with E-state index >= 15 is 0 Å². The third-order valence-corrected chi connectivity index (χ3v) is 7.29. The van der Waals surface area contributed by atoms with Gasteiger partial charge < -0.3 is 15.4 Å². The van der Waals surface area contributed by atoms with Crippen molar-refractivity contribution in [3.05, 3.63) is 52.6 Å². The minimum atomic E-state index is -0.172. The largest absolute Gasteiger partial charge is 0.490 e. The second kappa shape index (κ2) is 11.6. The Morgan fingerprint density at radius 1 is 1.24 bits per heavy atom. The number of nitriles is 1. The van der Waals surface area contributed by atoms with E-state index in [0.29, 0.717) is 33.9 Å². The van der Waals surface area contributed by atoms with Gasteiger partial charge in [0, 0.05) is 18.3 Å². The van der Waals surface area contributed by atoms with Crippen molar-refractivity contribution in [3.8, 4) is 11.8 Å². The number of rotatable bonds is 6. The van der Waals surface area contributed by atoms with Crippen LogP contribution in [-0.2, 0) is 6.42 Å². The Labute approximate surface area is 206 Å². The summed E-state index contributed by atoms with van der Waals surface area (Å²) < 4.78 is 6.03. The molecule has 1 aliphatic carbocycles. The van der Waals surface area contributed by atoms with Gasteiger partial charge in [-0.05, 0) is 82.0 Å². The first-order valence-electron chi connectivity index (χ1n) is 12.2. The lowest BCUT2D eigenvalue weighted by Crippen LogP contribution is -2.40. The molecule has 180 valence electrons. The third kappa shape index (κ3) is 6.46. The van der Waals surface area contributed by atoms with Gasteiger partial charge in [-0.1, -0.05) is 18.5 Å². The van der Waals surface area contributed by atoms with Crippen LogP contribution in [-0.4, -0.2) is 41.1 Å². The zero-order valence-electron chi connectivity index (χ0n) is 19.6. The van der Waals surface area contributed by atoms with Crippen LogP contribution in [0.3, 0.4) is 0 Å². The third-order valence-electron chi connectivity index (χ3n) is 6.98. The second-order valence-corrected chi connectivity index (χ2v) is 9.91. The van der Waals surface area contributed by atoms with Gasteiger partial charge in [0.15, 0.2) is 0 Å². The van der Waals surface area contributed by atoms with Crippen molar-refractivity contribution in [2.75, 3.05) is 13.1 Å².